The number of hydrogen-bond donors (Lipinski definition) is 3. The zero-order chi connectivity index (χ0) is 15.6. The van der Waals surface area contributed by atoms with Crippen molar-refractivity contribution in [3.05, 3.63) is 34.8 Å². The summed E-state index contributed by atoms with van der Waals surface area (Å²) in [4.78, 5) is 0. The van der Waals surface area contributed by atoms with Crippen molar-refractivity contribution in [2.45, 2.75) is 44.4 Å². The first-order valence-corrected chi connectivity index (χ1v) is 7.98. The molecule has 0 fully saturated rings. The number of allylic oxidation sites excluding steroid dienone is 2. The number of nitrogens with one attached hydrogen (secondary N) is 2. The average Bonchev–Trinajstić information content (AvgIpc) is 2.36. The lowest BCUT2D eigenvalue weighted by molar-refractivity contribution is 0.117. The molecular formula is C15H22Cl2N2O2. The molecule has 3 N–H and O–H groups in total. The normalized spacial score (nSPS) is 30.0. The van der Waals surface area contributed by atoms with E-state index in [1.54, 1.807) is 0 Å². The number of hydrogen-bond acceptors (Lipinski definition) is 4. The molecule has 0 spiro atoms. The van der Waals surface area contributed by atoms with E-state index >= 15 is 0 Å². The quantitative estimate of drug-likeness (QED) is 0.547. The molecule has 0 aromatic heterocycles. The summed E-state index contributed by atoms with van der Waals surface area (Å²) in [7, 11) is 0. The number of rotatable bonds is 4. The average molecular weight is 333 g/mol. The maximum absolute atomic E-state index is 9.33. The van der Waals surface area contributed by atoms with Gasteiger partial charge in [-0.1, -0.05) is 37.1 Å². The van der Waals surface area contributed by atoms with Gasteiger partial charge in [0.15, 0.2) is 11.5 Å². The Balaban J connectivity index is 2.20. The minimum Gasteiger partial charge on any atom is -0.471 e. The zero-order valence-corrected chi connectivity index (χ0v) is 14.0. The van der Waals surface area contributed by atoms with Crippen LogP contribution < -0.4 is 10.6 Å². The minimum absolute atomic E-state index is 0.0480. The van der Waals surface area contributed by atoms with E-state index in [1.165, 1.54) is 0 Å². The van der Waals surface area contributed by atoms with Crippen molar-refractivity contribution in [2.75, 3.05) is 6.61 Å². The third-order valence-corrected chi connectivity index (χ3v) is 4.12. The maximum Gasteiger partial charge on any atom is 0.191 e. The van der Waals surface area contributed by atoms with Gasteiger partial charge in [-0.25, -0.2) is 0 Å². The van der Waals surface area contributed by atoms with Crippen molar-refractivity contribution in [3.63, 3.8) is 0 Å². The Morgan fingerprint density at radius 2 is 2.14 bits per heavy atom. The molecule has 0 saturated heterocycles. The summed E-state index contributed by atoms with van der Waals surface area (Å²) in [6, 6.07) is 0. The fourth-order valence-corrected chi connectivity index (χ4v) is 3.37. The van der Waals surface area contributed by atoms with Crippen LogP contribution in [0.5, 0.6) is 0 Å². The van der Waals surface area contributed by atoms with Gasteiger partial charge in [-0.2, -0.15) is 0 Å². The van der Waals surface area contributed by atoms with E-state index in [2.05, 4.69) is 24.5 Å². The van der Waals surface area contributed by atoms with E-state index in [9.17, 15) is 5.11 Å². The first-order valence-electron chi connectivity index (χ1n) is 7.11. The van der Waals surface area contributed by atoms with Crippen LogP contribution in [-0.4, -0.2) is 28.9 Å². The second-order valence-electron chi connectivity index (χ2n) is 5.71. The lowest BCUT2D eigenvalue weighted by Crippen LogP contribution is -2.49. The van der Waals surface area contributed by atoms with E-state index in [-0.39, 0.29) is 24.1 Å². The molecule has 2 aliphatic rings. The topological polar surface area (TPSA) is 53.5 Å². The Morgan fingerprint density at radius 3 is 2.76 bits per heavy atom. The van der Waals surface area contributed by atoms with Crippen LogP contribution in [0.2, 0.25) is 0 Å². The third-order valence-electron chi connectivity index (χ3n) is 3.52. The van der Waals surface area contributed by atoms with Crippen molar-refractivity contribution < 1.29 is 9.84 Å². The van der Waals surface area contributed by atoms with Gasteiger partial charge in [0.1, 0.15) is 11.6 Å². The van der Waals surface area contributed by atoms with Gasteiger partial charge in [-0.05, 0) is 24.5 Å². The van der Waals surface area contributed by atoms with Crippen LogP contribution >= 0.6 is 23.2 Å². The molecule has 1 aliphatic heterocycles. The lowest BCUT2D eigenvalue weighted by Gasteiger charge is -2.34. The first kappa shape index (κ1) is 16.7. The molecule has 0 aromatic rings. The van der Waals surface area contributed by atoms with Gasteiger partial charge in [-0.3, -0.25) is 5.32 Å². The predicted molar refractivity (Wildman–Crippen MR) is 85.8 cm³/mol. The molecule has 1 aliphatic carbocycles. The third kappa shape index (κ3) is 4.16. The number of alkyl halides is 2. The van der Waals surface area contributed by atoms with Crippen LogP contribution in [0.3, 0.4) is 0 Å². The van der Waals surface area contributed by atoms with Gasteiger partial charge in [0.25, 0.3) is 0 Å². The maximum atomic E-state index is 9.33. The lowest BCUT2D eigenvalue weighted by atomic mass is 9.98. The highest BCUT2D eigenvalue weighted by atomic mass is 35.5. The predicted octanol–water partition coefficient (Wildman–Crippen LogP) is 2.79. The summed E-state index contributed by atoms with van der Waals surface area (Å²) in [6.45, 7) is 6.17. The molecule has 1 heterocycles. The Morgan fingerprint density at radius 1 is 1.43 bits per heavy atom. The van der Waals surface area contributed by atoms with Gasteiger partial charge in [0.05, 0.1) is 6.61 Å². The molecule has 6 heteroatoms. The van der Waals surface area contributed by atoms with Crippen molar-refractivity contribution in [3.8, 4) is 0 Å². The molecule has 0 aromatic carbocycles. The molecule has 21 heavy (non-hydrogen) atoms. The van der Waals surface area contributed by atoms with Crippen LogP contribution in [0.15, 0.2) is 34.8 Å². The summed E-state index contributed by atoms with van der Waals surface area (Å²) >= 11 is 12.4. The highest BCUT2D eigenvalue weighted by Crippen LogP contribution is 2.28. The Labute approximate surface area is 135 Å². The standard InChI is InChI=1S/C15H22Cl2N2O2/c1-8(2)12-13(16)18-15(17)19-14(12)21-11-5-9(3)4-10(6-11)7-20/h4-5,8,11,13,15,18-20H,6-7H2,1-3H3. The largest absolute Gasteiger partial charge is 0.471 e. The molecule has 4 nitrogen and oxygen atoms in total. The SMILES string of the molecule is CC1=CC(OC2=C(C(C)C)C(Cl)NC(Cl)N2)CC(CO)=C1. The summed E-state index contributed by atoms with van der Waals surface area (Å²) in [5.74, 6) is 0.866. The molecular weight excluding hydrogens is 311 g/mol. The first-order chi connectivity index (χ1) is 9.90. The molecule has 0 bridgehead atoms. The number of aliphatic hydroxyl groups excluding tert-OH is 1. The molecule has 3 unspecified atom stereocenters. The highest BCUT2D eigenvalue weighted by Gasteiger charge is 2.30. The van der Waals surface area contributed by atoms with Gasteiger partial charge >= 0.3 is 0 Å². The Hall–Kier alpha value is -0.680. The van der Waals surface area contributed by atoms with Crippen LogP contribution in [0.25, 0.3) is 0 Å². The highest BCUT2D eigenvalue weighted by molar-refractivity contribution is 6.24. The number of halogens is 2. The second kappa shape index (κ2) is 7.05. The van der Waals surface area contributed by atoms with Crippen molar-refractivity contribution in [2.24, 2.45) is 5.92 Å². The van der Waals surface area contributed by atoms with Crippen LogP contribution in [-0.2, 0) is 4.74 Å². The van der Waals surface area contributed by atoms with E-state index in [4.69, 9.17) is 27.9 Å². The minimum atomic E-state index is -0.466. The molecule has 2 rings (SSSR count). The smallest absolute Gasteiger partial charge is 0.191 e. The second-order valence-corrected chi connectivity index (χ2v) is 6.58. The number of ether oxygens (including phenoxy) is 1. The fourth-order valence-electron chi connectivity index (χ4n) is 2.61. The summed E-state index contributed by atoms with van der Waals surface area (Å²) < 4.78 is 6.08. The van der Waals surface area contributed by atoms with E-state index in [1.807, 2.05) is 19.1 Å². The van der Waals surface area contributed by atoms with Crippen molar-refractivity contribution in [1.82, 2.24) is 10.6 Å². The fraction of sp³-hybridized carbons (Fsp3) is 0.600. The van der Waals surface area contributed by atoms with E-state index in [0.717, 1.165) is 16.7 Å². The molecule has 3 atom stereocenters. The molecule has 0 saturated carbocycles. The van der Waals surface area contributed by atoms with E-state index in [0.29, 0.717) is 12.3 Å². The Bertz CT molecular complexity index is 486. The summed E-state index contributed by atoms with van der Waals surface area (Å²) in [5, 5.41) is 15.4. The zero-order valence-electron chi connectivity index (χ0n) is 12.5. The summed E-state index contributed by atoms with van der Waals surface area (Å²) in [5.41, 5.74) is 2.18. The molecule has 0 amide bonds. The van der Waals surface area contributed by atoms with Crippen molar-refractivity contribution in [1.29, 1.82) is 0 Å². The van der Waals surface area contributed by atoms with Crippen LogP contribution in [0.4, 0.5) is 0 Å². The van der Waals surface area contributed by atoms with Gasteiger partial charge in [0.2, 0.25) is 0 Å². The van der Waals surface area contributed by atoms with Crippen LogP contribution in [0, 0.1) is 5.92 Å². The molecule has 118 valence electrons. The van der Waals surface area contributed by atoms with Gasteiger partial charge in [-0.15, -0.1) is 11.6 Å². The Kier molecular flexibility index (Phi) is 5.60. The monoisotopic (exact) mass is 332 g/mol. The van der Waals surface area contributed by atoms with Crippen molar-refractivity contribution >= 4 is 23.2 Å². The van der Waals surface area contributed by atoms with Gasteiger partial charge in [0, 0.05) is 12.0 Å². The summed E-state index contributed by atoms with van der Waals surface area (Å²) in [6.07, 6.45) is 4.57. The van der Waals surface area contributed by atoms with E-state index < -0.39 is 5.62 Å². The molecule has 0 radical (unpaired) electrons. The van der Waals surface area contributed by atoms with Crippen LogP contribution in [0.1, 0.15) is 27.2 Å². The van der Waals surface area contributed by atoms with Gasteiger partial charge < -0.3 is 15.2 Å². The number of aliphatic hydroxyl groups is 1.